The maximum absolute atomic E-state index is 10.6. The van der Waals surface area contributed by atoms with Gasteiger partial charge >= 0.3 is 0 Å². The third-order valence-corrected chi connectivity index (χ3v) is 6.08. The molecule has 1 aromatic carbocycles. The first kappa shape index (κ1) is 18.8. The zero-order valence-electron chi connectivity index (χ0n) is 16.8. The van der Waals surface area contributed by atoms with Crippen molar-refractivity contribution in [1.29, 1.82) is 0 Å². The Bertz CT molecular complexity index is 1030. The lowest BCUT2D eigenvalue weighted by molar-refractivity contribution is 0.190. The number of phenols is 1. The van der Waals surface area contributed by atoms with Gasteiger partial charge in [-0.25, -0.2) is 15.0 Å². The molecule has 0 amide bonds. The Hall–Kier alpha value is -3.19. The van der Waals surface area contributed by atoms with Crippen molar-refractivity contribution < 1.29 is 14.6 Å². The van der Waals surface area contributed by atoms with Crippen LogP contribution >= 0.6 is 0 Å². The summed E-state index contributed by atoms with van der Waals surface area (Å²) in [5, 5.41) is 14.0. The van der Waals surface area contributed by atoms with Crippen molar-refractivity contribution in [2.75, 3.05) is 20.2 Å². The largest absolute Gasteiger partial charge is 0.507 e. The zero-order valence-corrected chi connectivity index (χ0v) is 16.8. The molecule has 2 aromatic heterocycles. The lowest BCUT2D eigenvalue weighted by Gasteiger charge is -2.14. The molecular weight excluding hydrogens is 380 g/mol. The number of ether oxygens (including phenoxy) is 2. The fourth-order valence-corrected chi connectivity index (χ4v) is 4.52. The number of rotatable bonds is 5. The monoisotopic (exact) mass is 404 g/mol. The molecule has 0 unspecified atom stereocenters. The van der Waals surface area contributed by atoms with Gasteiger partial charge in [-0.15, -0.1) is 0 Å². The highest BCUT2D eigenvalue weighted by molar-refractivity contribution is 5.74. The average molecular weight is 404 g/mol. The number of pyridine rings is 1. The molecule has 1 saturated heterocycles. The first-order valence-corrected chi connectivity index (χ1v) is 10.2. The number of hydrogen-bond donors (Lipinski definition) is 2. The number of nitrogens with zero attached hydrogens (tertiary/aromatic N) is 3. The summed E-state index contributed by atoms with van der Waals surface area (Å²) < 4.78 is 11.2. The minimum Gasteiger partial charge on any atom is -0.507 e. The molecule has 2 N–H and O–H groups in total. The SMILES string of the molecule is COc1cc(-c2ccc(-c3cnc(O[C@@H]4C[C@H]5CNC[C@H]5C4)cn3)c(O)c2)ccn1. The van der Waals surface area contributed by atoms with Gasteiger partial charge in [-0.05, 0) is 67.1 Å². The van der Waals surface area contributed by atoms with Crippen molar-refractivity contribution in [1.82, 2.24) is 20.3 Å². The summed E-state index contributed by atoms with van der Waals surface area (Å²) in [5.41, 5.74) is 3.01. The van der Waals surface area contributed by atoms with Crippen LogP contribution in [0.1, 0.15) is 12.8 Å². The number of phenolic OH excluding ortho intramolecular Hbond substituents is 1. The number of nitrogens with one attached hydrogen (secondary N) is 1. The molecule has 7 nitrogen and oxygen atoms in total. The summed E-state index contributed by atoms with van der Waals surface area (Å²) in [7, 11) is 1.58. The quantitative estimate of drug-likeness (QED) is 0.674. The van der Waals surface area contributed by atoms with Crippen LogP contribution in [0.5, 0.6) is 17.5 Å². The van der Waals surface area contributed by atoms with E-state index in [1.165, 1.54) is 0 Å². The Morgan fingerprint density at radius 3 is 2.43 bits per heavy atom. The first-order chi connectivity index (χ1) is 14.7. The van der Waals surface area contributed by atoms with Crippen molar-refractivity contribution in [3.63, 3.8) is 0 Å². The summed E-state index contributed by atoms with van der Waals surface area (Å²) in [6.07, 6.45) is 7.33. The number of aromatic hydroxyl groups is 1. The smallest absolute Gasteiger partial charge is 0.232 e. The fourth-order valence-electron chi connectivity index (χ4n) is 4.52. The van der Waals surface area contributed by atoms with Gasteiger partial charge in [0.15, 0.2) is 0 Å². The topological polar surface area (TPSA) is 89.4 Å². The van der Waals surface area contributed by atoms with Crippen LogP contribution in [0.2, 0.25) is 0 Å². The van der Waals surface area contributed by atoms with E-state index in [0.717, 1.165) is 48.9 Å². The summed E-state index contributed by atoms with van der Waals surface area (Å²) in [6, 6.07) is 9.18. The van der Waals surface area contributed by atoms with Gasteiger partial charge in [0.2, 0.25) is 11.8 Å². The van der Waals surface area contributed by atoms with E-state index >= 15 is 0 Å². The molecule has 7 heteroatoms. The van der Waals surface area contributed by atoms with E-state index < -0.39 is 0 Å². The van der Waals surface area contributed by atoms with Crippen LogP contribution in [0.3, 0.4) is 0 Å². The lowest BCUT2D eigenvalue weighted by Crippen LogP contribution is -2.19. The summed E-state index contributed by atoms with van der Waals surface area (Å²) in [4.78, 5) is 13.0. The Morgan fingerprint density at radius 1 is 0.933 bits per heavy atom. The fraction of sp³-hybridized carbons (Fsp3) is 0.348. The van der Waals surface area contributed by atoms with Crippen molar-refractivity contribution in [3.05, 3.63) is 48.9 Å². The van der Waals surface area contributed by atoms with Crippen molar-refractivity contribution in [2.45, 2.75) is 18.9 Å². The Labute approximate surface area is 175 Å². The van der Waals surface area contributed by atoms with Gasteiger partial charge in [-0.3, -0.25) is 0 Å². The maximum Gasteiger partial charge on any atom is 0.232 e. The predicted molar refractivity (Wildman–Crippen MR) is 112 cm³/mol. The molecule has 0 bridgehead atoms. The van der Waals surface area contributed by atoms with E-state index in [0.29, 0.717) is 23.0 Å². The van der Waals surface area contributed by atoms with Crippen molar-refractivity contribution in [2.24, 2.45) is 11.8 Å². The number of fused-ring (bicyclic) bond motifs is 1. The molecule has 5 rings (SSSR count). The van der Waals surface area contributed by atoms with Crippen LogP contribution in [-0.4, -0.2) is 46.4 Å². The van der Waals surface area contributed by atoms with Crippen LogP contribution in [0.4, 0.5) is 0 Å². The average Bonchev–Trinajstić information content (AvgIpc) is 3.36. The molecule has 1 aliphatic carbocycles. The second-order valence-corrected chi connectivity index (χ2v) is 7.95. The third kappa shape index (κ3) is 3.68. The normalized spacial score (nSPS) is 22.6. The molecular formula is C23H24N4O3. The number of methoxy groups -OCH3 is 1. The summed E-state index contributed by atoms with van der Waals surface area (Å²) >= 11 is 0. The Kier molecular flexibility index (Phi) is 4.96. The molecule has 3 aromatic rings. The molecule has 154 valence electrons. The van der Waals surface area contributed by atoms with Crippen LogP contribution in [0, 0.1) is 11.8 Å². The molecule has 3 atom stereocenters. The van der Waals surface area contributed by atoms with Crippen LogP contribution in [-0.2, 0) is 0 Å². The maximum atomic E-state index is 10.6. The zero-order chi connectivity index (χ0) is 20.5. The van der Waals surface area contributed by atoms with E-state index in [1.54, 1.807) is 31.8 Å². The first-order valence-electron chi connectivity index (χ1n) is 10.2. The van der Waals surface area contributed by atoms with Gasteiger partial charge in [0.25, 0.3) is 0 Å². The second kappa shape index (κ2) is 7.91. The molecule has 0 radical (unpaired) electrons. The molecule has 0 spiro atoms. The van der Waals surface area contributed by atoms with Crippen molar-refractivity contribution >= 4 is 0 Å². The standard InChI is InChI=1S/C23H24N4O3/c1-29-22-9-15(4-5-25-22)14-2-3-19(21(28)8-14)20-12-27-23(13-26-20)30-18-6-16-10-24-11-17(16)7-18/h2-5,8-9,12-13,16-18,24,28H,6-7,10-11H2,1H3/t16-,17+,18+. The second-order valence-electron chi connectivity index (χ2n) is 7.95. The van der Waals surface area contributed by atoms with E-state index in [-0.39, 0.29) is 11.9 Å². The van der Waals surface area contributed by atoms with Crippen molar-refractivity contribution in [3.8, 4) is 39.9 Å². The van der Waals surface area contributed by atoms with Gasteiger partial charge in [-0.1, -0.05) is 6.07 Å². The van der Waals surface area contributed by atoms with E-state index in [9.17, 15) is 5.11 Å². The predicted octanol–water partition coefficient (Wildman–Crippen LogP) is 3.30. The van der Waals surface area contributed by atoms with E-state index in [4.69, 9.17) is 9.47 Å². The van der Waals surface area contributed by atoms with Crippen LogP contribution in [0.15, 0.2) is 48.9 Å². The van der Waals surface area contributed by atoms with E-state index in [2.05, 4.69) is 20.3 Å². The molecule has 30 heavy (non-hydrogen) atoms. The van der Waals surface area contributed by atoms with Gasteiger partial charge in [0.05, 0.1) is 25.2 Å². The van der Waals surface area contributed by atoms with Gasteiger partial charge in [-0.2, -0.15) is 0 Å². The highest BCUT2D eigenvalue weighted by Crippen LogP contribution is 2.37. The van der Waals surface area contributed by atoms with Crippen LogP contribution < -0.4 is 14.8 Å². The minimum atomic E-state index is 0.141. The van der Waals surface area contributed by atoms with Gasteiger partial charge in [0.1, 0.15) is 11.9 Å². The number of aromatic nitrogens is 3. The molecule has 1 saturated carbocycles. The summed E-state index contributed by atoms with van der Waals surface area (Å²) in [5.74, 6) is 2.65. The summed E-state index contributed by atoms with van der Waals surface area (Å²) in [6.45, 7) is 2.19. The molecule has 3 heterocycles. The molecule has 2 fully saturated rings. The Balaban J connectivity index is 1.30. The van der Waals surface area contributed by atoms with Gasteiger partial charge in [0, 0.05) is 17.8 Å². The van der Waals surface area contributed by atoms with E-state index in [1.807, 2.05) is 24.3 Å². The highest BCUT2D eigenvalue weighted by Gasteiger charge is 2.38. The van der Waals surface area contributed by atoms with Gasteiger partial charge < -0.3 is 19.9 Å². The minimum absolute atomic E-state index is 0.141. The lowest BCUT2D eigenvalue weighted by atomic mass is 10.0. The number of hydrogen-bond acceptors (Lipinski definition) is 7. The highest BCUT2D eigenvalue weighted by atomic mass is 16.5. The van der Waals surface area contributed by atoms with Crippen LogP contribution in [0.25, 0.3) is 22.4 Å². The molecule has 1 aliphatic heterocycles. The Morgan fingerprint density at radius 2 is 1.73 bits per heavy atom. The third-order valence-electron chi connectivity index (χ3n) is 6.08. The molecule has 2 aliphatic rings. The number of benzene rings is 1.